The number of rotatable bonds is 2. The van der Waals surface area contributed by atoms with Crippen LogP contribution < -0.4 is 0 Å². The fraction of sp³-hybridized carbons (Fsp3) is 0.455. The van der Waals surface area contributed by atoms with Crippen molar-refractivity contribution in [3.8, 4) is 0 Å². The molecule has 1 aromatic rings. The molecule has 0 fully saturated rings. The molecule has 1 nitrogen and oxygen atoms in total. The van der Waals surface area contributed by atoms with Gasteiger partial charge < -0.3 is 5.11 Å². The molecule has 0 saturated carbocycles. The second-order valence-electron chi connectivity index (χ2n) is 4.07. The molecule has 0 bridgehead atoms. The maximum absolute atomic E-state index is 13.0. The van der Waals surface area contributed by atoms with Crippen LogP contribution in [0.5, 0.6) is 0 Å². The molecule has 19 heavy (non-hydrogen) atoms. The predicted octanol–water partition coefficient (Wildman–Crippen LogP) is 3.91. The van der Waals surface area contributed by atoms with Gasteiger partial charge in [-0.1, -0.05) is 6.07 Å². The number of aliphatic hydroxyl groups excluding tert-OH is 1. The maximum atomic E-state index is 13.0. The molecule has 0 aliphatic carbocycles. The number of aliphatic hydroxyl groups is 1. The Morgan fingerprint density at radius 3 is 1.79 bits per heavy atom. The summed E-state index contributed by atoms with van der Waals surface area (Å²) in [5.41, 5.74) is -0.658. The summed E-state index contributed by atoms with van der Waals surface area (Å²) in [5, 5.41) is 9.29. The van der Waals surface area contributed by atoms with E-state index >= 15 is 0 Å². The summed E-state index contributed by atoms with van der Waals surface area (Å²) >= 11 is 0. The third kappa shape index (κ3) is 3.82. The van der Waals surface area contributed by atoms with E-state index in [9.17, 15) is 35.8 Å². The van der Waals surface area contributed by atoms with E-state index in [4.69, 9.17) is 0 Å². The molecule has 1 atom stereocenters. The summed E-state index contributed by atoms with van der Waals surface area (Å²) in [6.07, 6.45) is -14.3. The summed E-state index contributed by atoms with van der Waals surface area (Å²) in [6.45, 7) is 1.29. The number of hydrogen-bond acceptors (Lipinski definition) is 1. The number of halogens is 7. The molecule has 0 saturated heterocycles. The first kappa shape index (κ1) is 15.7. The zero-order valence-electron chi connectivity index (χ0n) is 9.48. The van der Waals surface area contributed by atoms with Crippen molar-refractivity contribution in [1.82, 2.24) is 0 Å². The lowest BCUT2D eigenvalue weighted by molar-refractivity contribution is -0.307. The molecular weight excluding hydrogens is 281 g/mol. The first-order valence-electron chi connectivity index (χ1n) is 5.01. The lowest BCUT2D eigenvalue weighted by Crippen LogP contribution is -2.40. The molecule has 0 heterocycles. The molecule has 1 unspecified atom stereocenters. The maximum Gasteiger partial charge on any atom is 0.403 e. The monoisotopic (exact) mass is 290 g/mol. The molecule has 108 valence electrons. The minimum absolute atomic E-state index is 0.108. The number of benzene rings is 1. The van der Waals surface area contributed by atoms with E-state index in [1.165, 1.54) is 6.92 Å². The highest BCUT2D eigenvalue weighted by molar-refractivity contribution is 5.26. The van der Waals surface area contributed by atoms with Crippen molar-refractivity contribution in [1.29, 1.82) is 0 Å². The van der Waals surface area contributed by atoms with Crippen molar-refractivity contribution in [3.63, 3.8) is 0 Å². The Kier molecular flexibility index (Phi) is 4.14. The van der Waals surface area contributed by atoms with Crippen LogP contribution in [0, 0.1) is 18.7 Å². The van der Waals surface area contributed by atoms with E-state index in [-0.39, 0.29) is 5.56 Å². The molecule has 0 spiro atoms. The number of hydrogen-bond donors (Lipinski definition) is 1. The van der Waals surface area contributed by atoms with Crippen LogP contribution in [0.2, 0.25) is 0 Å². The van der Waals surface area contributed by atoms with Gasteiger partial charge in [0.2, 0.25) is 0 Å². The minimum Gasteiger partial charge on any atom is -0.387 e. The van der Waals surface area contributed by atoms with Crippen LogP contribution in [0.1, 0.15) is 17.2 Å². The molecule has 8 heteroatoms. The summed E-state index contributed by atoms with van der Waals surface area (Å²) in [7, 11) is 0. The lowest BCUT2D eigenvalue weighted by atomic mass is 9.93. The van der Waals surface area contributed by atoms with Crippen LogP contribution in [-0.2, 0) is 0 Å². The Bertz CT molecular complexity index is 415. The van der Waals surface area contributed by atoms with E-state index in [1.807, 2.05) is 0 Å². The van der Waals surface area contributed by atoms with Gasteiger partial charge in [-0.25, -0.2) is 4.39 Å². The van der Waals surface area contributed by atoms with Crippen molar-refractivity contribution in [3.05, 3.63) is 35.1 Å². The summed E-state index contributed by atoms with van der Waals surface area (Å²) in [6, 6.07) is 2.24. The van der Waals surface area contributed by atoms with E-state index < -0.39 is 35.8 Å². The van der Waals surface area contributed by atoms with E-state index in [2.05, 4.69) is 0 Å². The molecule has 1 aromatic carbocycles. The Hall–Kier alpha value is -1.31. The van der Waals surface area contributed by atoms with Gasteiger partial charge in [0.25, 0.3) is 0 Å². The number of alkyl halides is 6. The van der Waals surface area contributed by atoms with Crippen LogP contribution in [0.25, 0.3) is 0 Å². The van der Waals surface area contributed by atoms with Crippen molar-refractivity contribution in [2.24, 2.45) is 5.92 Å². The minimum atomic E-state index is -5.68. The second kappa shape index (κ2) is 4.99. The average Bonchev–Trinajstić information content (AvgIpc) is 2.10. The van der Waals surface area contributed by atoms with Gasteiger partial charge in [0, 0.05) is 0 Å². The zero-order valence-corrected chi connectivity index (χ0v) is 9.48. The third-order valence-electron chi connectivity index (χ3n) is 2.43. The Balaban J connectivity index is 3.24. The molecule has 0 aliphatic rings. The smallest absolute Gasteiger partial charge is 0.387 e. The summed E-state index contributed by atoms with van der Waals surface area (Å²) in [5.74, 6) is -4.97. The van der Waals surface area contributed by atoms with Crippen LogP contribution in [0.4, 0.5) is 30.7 Å². The molecule has 0 amide bonds. The van der Waals surface area contributed by atoms with Crippen LogP contribution in [0.3, 0.4) is 0 Å². The predicted molar refractivity (Wildman–Crippen MR) is 51.7 cm³/mol. The normalized spacial score (nSPS) is 14.8. The van der Waals surface area contributed by atoms with E-state index in [0.717, 1.165) is 12.1 Å². The van der Waals surface area contributed by atoms with E-state index in [1.54, 1.807) is 0 Å². The third-order valence-corrected chi connectivity index (χ3v) is 2.43. The highest BCUT2D eigenvalue weighted by Gasteiger charge is 2.60. The van der Waals surface area contributed by atoms with Gasteiger partial charge in [-0.2, -0.15) is 26.3 Å². The SMILES string of the molecule is Cc1cc(F)cc(C(O)C(C(F)(F)F)C(F)(F)F)c1. The van der Waals surface area contributed by atoms with Gasteiger partial charge in [-0.15, -0.1) is 0 Å². The second-order valence-corrected chi connectivity index (χ2v) is 4.07. The summed E-state index contributed by atoms with van der Waals surface area (Å²) < 4.78 is 87.2. The standard InChI is InChI=1S/C11H9F7O/c1-5-2-6(4-7(12)3-5)8(19)9(10(13,14)15)11(16,17)18/h2-4,8-9,19H,1H3. The van der Waals surface area contributed by atoms with Crippen LogP contribution in [-0.4, -0.2) is 17.5 Å². The molecule has 1 rings (SSSR count). The topological polar surface area (TPSA) is 20.2 Å². The van der Waals surface area contributed by atoms with Gasteiger partial charge in [0.1, 0.15) is 5.82 Å². The van der Waals surface area contributed by atoms with Gasteiger partial charge in [-0.3, -0.25) is 0 Å². The largest absolute Gasteiger partial charge is 0.403 e. The zero-order chi connectivity index (χ0) is 15.0. The first-order chi connectivity index (χ1) is 8.43. The van der Waals surface area contributed by atoms with E-state index in [0.29, 0.717) is 6.07 Å². The highest BCUT2D eigenvalue weighted by Crippen LogP contribution is 2.46. The Morgan fingerprint density at radius 2 is 1.42 bits per heavy atom. The van der Waals surface area contributed by atoms with Crippen LogP contribution in [0.15, 0.2) is 18.2 Å². The fourth-order valence-corrected chi connectivity index (χ4v) is 1.67. The Morgan fingerprint density at radius 1 is 0.947 bits per heavy atom. The van der Waals surface area contributed by atoms with Gasteiger partial charge in [-0.05, 0) is 30.2 Å². The van der Waals surface area contributed by atoms with Gasteiger partial charge in [0.05, 0.1) is 6.10 Å². The fourth-order valence-electron chi connectivity index (χ4n) is 1.67. The van der Waals surface area contributed by atoms with Gasteiger partial charge in [0.15, 0.2) is 5.92 Å². The molecular formula is C11H9F7O. The molecule has 0 aliphatic heterocycles. The first-order valence-corrected chi connectivity index (χ1v) is 5.01. The summed E-state index contributed by atoms with van der Waals surface area (Å²) in [4.78, 5) is 0. The molecule has 0 radical (unpaired) electrons. The van der Waals surface area contributed by atoms with Gasteiger partial charge >= 0.3 is 12.4 Å². The Labute approximate surface area is 103 Å². The quantitative estimate of drug-likeness (QED) is 0.819. The van der Waals surface area contributed by atoms with Crippen molar-refractivity contribution in [2.75, 3.05) is 0 Å². The number of aryl methyl sites for hydroxylation is 1. The average molecular weight is 290 g/mol. The van der Waals surface area contributed by atoms with Crippen LogP contribution >= 0.6 is 0 Å². The lowest BCUT2D eigenvalue weighted by Gasteiger charge is -2.27. The van der Waals surface area contributed by atoms with Crippen molar-refractivity contribution in [2.45, 2.75) is 25.4 Å². The highest BCUT2D eigenvalue weighted by atomic mass is 19.4. The van der Waals surface area contributed by atoms with Crippen molar-refractivity contribution >= 4 is 0 Å². The van der Waals surface area contributed by atoms with Crippen molar-refractivity contribution < 1.29 is 35.8 Å². The molecule has 1 N–H and O–H groups in total. The molecule has 0 aromatic heterocycles.